The van der Waals surface area contributed by atoms with Crippen molar-refractivity contribution in [3.8, 4) is 0 Å². The summed E-state index contributed by atoms with van der Waals surface area (Å²) in [6.07, 6.45) is 0. The van der Waals surface area contributed by atoms with Crippen molar-refractivity contribution in [3.05, 3.63) is 57.8 Å². The van der Waals surface area contributed by atoms with E-state index in [1.807, 2.05) is 62.7 Å². The second-order valence-electron chi connectivity index (χ2n) is 8.24. The van der Waals surface area contributed by atoms with Crippen molar-refractivity contribution in [2.75, 3.05) is 13.1 Å². The predicted molar refractivity (Wildman–Crippen MR) is 120 cm³/mol. The molecule has 0 fully saturated rings. The van der Waals surface area contributed by atoms with Crippen LogP contribution in [0.2, 0.25) is 0 Å². The number of aliphatic imine (C=N–C) groups is 1. The van der Waals surface area contributed by atoms with Gasteiger partial charge in [0.05, 0.1) is 13.1 Å². The second kappa shape index (κ2) is 9.89. The van der Waals surface area contributed by atoms with E-state index in [0.29, 0.717) is 31.2 Å². The maximum absolute atomic E-state index is 12.4. The molecule has 1 aromatic heterocycles. The number of benzene rings is 1. The number of guanidine groups is 1. The highest BCUT2D eigenvalue weighted by Gasteiger charge is 2.23. The number of aliphatic hydroxyl groups is 1. The fraction of sp³-hybridized carbons (Fsp3) is 0.455. The zero-order chi connectivity index (χ0) is 21.5. The Morgan fingerprint density at radius 1 is 1.17 bits per heavy atom. The van der Waals surface area contributed by atoms with Gasteiger partial charge in [-0.25, -0.2) is 4.99 Å². The maximum atomic E-state index is 12.4. The average Bonchev–Trinajstić information content (AvgIpc) is 3.19. The molecule has 1 atom stereocenters. The Bertz CT molecular complexity index is 824. The number of nitrogens with one attached hydrogen (secondary N) is 3. The highest BCUT2D eigenvalue weighted by atomic mass is 32.1. The molecule has 0 aliphatic heterocycles. The molecule has 0 bridgehead atoms. The van der Waals surface area contributed by atoms with Crippen LogP contribution in [-0.2, 0) is 12.1 Å². The van der Waals surface area contributed by atoms with Crippen LogP contribution >= 0.6 is 11.3 Å². The topological polar surface area (TPSA) is 85.8 Å². The van der Waals surface area contributed by atoms with E-state index in [-0.39, 0.29) is 11.4 Å². The van der Waals surface area contributed by atoms with Crippen LogP contribution < -0.4 is 16.0 Å². The number of hydrogen-bond acceptors (Lipinski definition) is 4. The van der Waals surface area contributed by atoms with E-state index in [1.54, 1.807) is 24.3 Å². The van der Waals surface area contributed by atoms with Gasteiger partial charge in [-0.2, -0.15) is 11.3 Å². The SMILES string of the molecule is CCNC(=NCc1cccc(C(=O)NC(C)(C)C)c1)NCC(C)(O)c1ccsc1. The van der Waals surface area contributed by atoms with Crippen LogP contribution in [0.3, 0.4) is 0 Å². The first kappa shape index (κ1) is 22.9. The molecule has 29 heavy (non-hydrogen) atoms. The molecule has 0 spiro atoms. The third-order valence-corrected chi connectivity index (χ3v) is 4.87. The van der Waals surface area contributed by atoms with Crippen molar-refractivity contribution < 1.29 is 9.90 Å². The van der Waals surface area contributed by atoms with Crippen LogP contribution in [0.5, 0.6) is 0 Å². The summed E-state index contributed by atoms with van der Waals surface area (Å²) in [7, 11) is 0. The lowest BCUT2D eigenvalue weighted by Crippen LogP contribution is -2.44. The Labute approximate surface area is 177 Å². The molecule has 0 aliphatic rings. The molecule has 1 amide bonds. The van der Waals surface area contributed by atoms with Crippen LogP contribution in [0.4, 0.5) is 0 Å². The zero-order valence-corrected chi connectivity index (χ0v) is 18.7. The van der Waals surface area contributed by atoms with Crippen LogP contribution in [-0.4, -0.2) is 35.6 Å². The lowest BCUT2D eigenvalue weighted by atomic mass is 9.99. The number of amides is 1. The third kappa shape index (κ3) is 7.51. The molecule has 2 aromatic rings. The molecule has 2 rings (SSSR count). The Hall–Kier alpha value is -2.38. The monoisotopic (exact) mass is 416 g/mol. The van der Waals surface area contributed by atoms with Crippen LogP contribution in [0, 0.1) is 0 Å². The van der Waals surface area contributed by atoms with Gasteiger partial charge in [0.2, 0.25) is 0 Å². The van der Waals surface area contributed by atoms with E-state index < -0.39 is 5.60 Å². The standard InChI is InChI=1S/C22H32N4O2S/c1-6-23-20(25-15-22(5,28)18-10-11-29-14-18)24-13-16-8-7-9-17(12-16)19(27)26-21(2,3)4/h7-12,14,28H,6,13,15H2,1-5H3,(H,26,27)(H2,23,24,25). The first-order chi connectivity index (χ1) is 13.6. The van der Waals surface area contributed by atoms with Crippen LogP contribution in [0.25, 0.3) is 0 Å². The molecule has 0 saturated carbocycles. The van der Waals surface area contributed by atoms with Gasteiger partial charge in [-0.05, 0) is 74.7 Å². The highest BCUT2D eigenvalue weighted by molar-refractivity contribution is 7.08. The van der Waals surface area contributed by atoms with Crippen molar-refractivity contribution in [3.63, 3.8) is 0 Å². The van der Waals surface area contributed by atoms with Gasteiger partial charge in [0.15, 0.2) is 5.96 Å². The minimum absolute atomic E-state index is 0.0971. The van der Waals surface area contributed by atoms with Gasteiger partial charge in [0.1, 0.15) is 5.60 Å². The van der Waals surface area contributed by atoms with Gasteiger partial charge >= 0.3 is 0 Å². The average molecular weight is 417 g/mol. The first-order valence-electron chi connectivity index (χ1n) is 9.79. The van der Waals surface area contributed by atoms with Gasteiger partial charge < -0.3 is 21.1 Å². The van der Waals surface area contributed by atoms with E-state index >= 15 is 0 Å². The Kier molecular flexibility index (Phi) is 7.81. The lowest BCUT2D eigenvalue weighted by molar-refractivity contribution is 0.0621. The number of rotatable bonds is 7. The molecule has 158 valence electrons. The highest BCUT2D eigenvalue weighted by Crippen LogP contribution is 2.22. The molecule has 1 aromatic carbocycles. The van der Waals surface area contributed by atoms with Crippen LogP contribution in [0.15, 0.2) is 46.1 Å². The predicted octanol–water partition coefficient (Wildman–Crippen LogP) is 3.24. The Morgan fingerprint density at radius 3 is 2.55 bits per heavy atom. The summed E-state index contributed by atoms with van der Waals surface area (Å²) in [5.74, 6) is 0.521. The summed E-state index contributed by atoms with van der Waals surface area (Å²) in [6.45, 7) is 11.1. The molecule has 0 aliphatic carbocycles. The number of carbonyl (C=O) groups is 1. The zero-order valence-electron chi connectivity index (χ0n) is 17.9. The molecule has 0 radical (unpaired) electrons. The fourth-order valence-corrected chi connectivity index (χ4v) is 3.45. The minimum Gasteiger partial charge on any atom is -0.384 e. The Morgan fingerprint density at radius 2 is 1.93 bits per heavy atom. The van der Waals surface area contributed by atoms with Crippen molar-refractivity contribution in [1.82, 2.24) is 16.0 Å². The number of nitrogens with zero attached hydrogens (tertiary/aromatic N) is 1. The minimum atomic E-state index is -0.985. The van der Waals surface area contributed by atoms with Gasteiger partial charge in [-0.1, -0.05) is 12.1 Å². The van der Waals surface area contributed by atoms with E-state index in [2.05, 4.69) is 20.9 Å². The molecule has 1 heterocycles. The summed E-state index contributed by atoms with van der Waals surface area (Å²) in [6, 6.07) is 9.39. The number of carbonyl (C=O) groups excluding carboxylic acids is 1. The van der Waals surface area contributed by atoms with E-state index in [0.717, 1.165) is 11.1 Å². The summed E-state index contributed by atoms with van der Waals surface area (Å²) in [5.41, 5.74) is 1.16. The smallest absolute Gasteiger partial charge is 0.251 e. The van der Waals surface area contributed by atoms with Gasteiger partial charge in [0, 0.05) is 17.6 Å². The van der Waals surface area contributed by atoms with E-state index in [1.165, 1.54) is 0 Å². The molecule has 0 saturated heterocycles. The van der Waals surface area contributed by atoms with E-state index in [4.69, 9.17) is 0 Å². The summed E-state index contributed by atoms with van der Waals surface area (Å²) >= 11 is 1.56. The molecule has 7 heteroatoms. The van der Waals surface area contributed by atoms with Gasteiger partial charge in [-0.15, -0.1) is 0 Å². The largest absolute Gasteiger partial charge is 0.384 e. The number of hydrogen-bond donors (Lipinski definition) is 4. The van der Waals surface area contributed by atoms with Gasteiger partial charge in [-0.3, -0.25) is 4.79 Å². The fourth-order valence-electron chi connectivity index (χ4n) is 2.66. The normalized spacial score (nSPS) is 14.2. The van der Waals surface area contributed by atoms with Crippen molar-refractivity contribution in [2.24, 2.45) is 4.99 Å². The van der Waals surface area contributed by atoms with Crippen molar-refractivity contribution in [2.45, 2.75) is 52.3 Å². The number of thiophene rings is 1. The van der Waals surface area contributed by atoms with E-state index in [9.17, 15) is 9.90 Å². The molecule has 1 unspecified atom stereocenters. The van der Waals surface area contributed by atoms with Crippen molar-refractivity contribution >= 4 is 23.2 Å². The maximum Gasteiger partial charge on any atom is 0.251 e. The third-order valence-electron chi connectivity index (χ3n) is 4.18. The molecular weight excluding hydrogens is 384 g/mol. The second-order valence-corrected chi connectivity index (χ2v) is 9.02. The Balaban J connectivity index is 2.04. The summed E-state index contributed by atoms with van der Waals surface area (Å²) in [5, 5.41) is 23.9. The summed E-state index contributed by atoms with van der Waals surface area (Å²) in [4.78, 5) is 17.0. The van der Waals surface area contributed by atoms with Crippen molar-refractivity contribution in [1.29, 1.82) is 0 Å². The lowest BCUT2D eigenvalue weighted by Gasteiger charge is -2.24. The van der Waals surface area contributed by atoms with Gasteiger partial charge in [0.25, 0.3) is 5.91 Å². The van der Waals surface area contributed by atoms with Crippen LogP contribution in [0.1, 0.15) is 56.1 Å². The quantitative estimate of drug-likeness (QED) is 0.412. The molecular formula is C22H32N4O2S. The first-order valence-corrected chi connectivity index (χ1v) is 10.7. The summed E-state index contributed by atoms with van der Waals surface area (Å²) < 4.78 is 0. The molecule has 6 nitrogen and oxygen atoms in total. The molecule has 4 N–H and O–H groups in total.